The average Bonchev–Trinajstić information content (AvgIpc) is 2.84. The van der Waals surface area contributed by atoms with Gasteiger partial charge in [0.05, 0.1) is 18.4 Å². The lowest BCUT2D eigenvalue weighted by atomic mass is 10.0. The summed E-state index contributed by atoms with van der Waals surface area (Å²) in [6, 6.07) is 1.12. The van der Waals surface area contributed by atoms with Crippen LogP contribution in [0, 0.1) is 0 Å². The van der Waals surface area contributed by atoms with E-state index in [4.69, 9.17) is 9.15 Å². The number of nitrogens with zero attached hydrogens (tertiary/aromatic N) is 1. The number of ether oxygens (including phenoxy) is 1. The Morgan fingerprint density at radius 1 is 1.53 bits per heavy atom. The molecule has 104 valence electrons. The van der Waals surface area contributed by atoms with Gasteiger partial charge in [0.2, 0.25) is 0 Å². The minimum atomic E-state index is -0.483. The van der Waals surface area contributed by atoms with Crippen LogP contribution in [0.1, 0.15) is 36.5 Å². The largest absolute Gasteiger partial charge is 0.464 e. The Morgan fingerprint density at radius 3 is 2.95 bits per heavy atom. The van der Waals surface area contributed by atoms with Gasteiger partial charge in [-0.25, -0.2) is 4.79 Å². The molecular weight excluding hydrogens is 314 g/mol. The summed E-state index contributed by atoms with van der Waals surface area (Å²) in [4.78, 5) is 25.9. The molecule has 0 N–H and O–H groups in total. The zero-order valence-corrected chi connectivity index (χ0v) is 12.3. The zero-order chi connectivity index (χ0) is 13.8. The lowest BCUT2D eigenvalue weighted by Gasteiger charge is -2.33. The quantitative estimate of drug-likeness (QED) is 0.800. The first kappa shape index (κ1) is 14.1. The summed E-state index contributed by atoms with van der Waals surface area (Å²) >= 11 is 3.19. The molecule has 1 aromatic heterocycles. The third-order valence-electron chi connectivity index (χ3n) is 3.17. The summed E-state index contributed by atoms with van der Waals surface area (Å²) in [6.07, 6.45) is 3.93. The van der Waals surface area contributed by atoms with E-state index in [0.717, 1.165) is 12.8 Å². The molecule has 0 aromatic carbocycles. The molecule has 1 fully saturated rings. The summed E-state index contributed by atoms with van der Waals surface area (Å²) in [6.45, 7) is 2.66. The van der Waals surface area contributed by atoms with Crippen molar-refractivity contribution in [3.05, 3.63) is 22.6 Å². The highest BCUT2D eigenvalue weighted by molar-refractivity contribution is 9.10. The lowest BCUT2D eigenvalue weighted by molar-refractivity contribution is -0.149. The van der Waals surface area contributed by atoms with E-state index in [1.54, 1.807) is 17.9 Å². The highest BCUT2D eigenvalue weighted by Crippen LogP contribution is 2.25. The number of likely N-dealkylation sites (tertiary alicyclic amines) is 1. The Kier molecular flexibility index (Phi) is 4.63. The van der Waals surface area contributed by atoms with Crippen LogP contribution < -0.4 is 0 Å². The molecule has 1 unspecified atom stereocenters. The number of rotatable bonds is 3. The van der Waals surface area contributed by atoms with Crippen LogP contribution >= 0.6 is 15.9 Å². The van der Waals surface area contributed by atoms with Crippen molar-refractivity contribution in [2.45, 2.75) is 32.2 Å². The fraction of sp³-hybridized carbons (Fsp3) is 0.538. The van der Waals surface area contributed by atoms with E-state index in [1.165, 1.54) is 6.26 Å². The van der Waals surface area contributed by atoms with Gasteiger partial charge in [0.1, 0.15) is 6.04 Å². The molecule has 19 heavy (non-hydrogen) atoms. The number of piperidine rings is 1. The summed E-state index contributed by atoms with van der Waals surface area (Å²) in [5.74, 6) is -0.520. The highest BCUT2D eigenvalue weighted by Gasteiger charge is 2.34. The predicted octanol–water partition coefficient (Wildman–Crippen LogP) is 2.60. The second kappa shape index (κ2) is 6.23. The summed E-state index contributed by atoms with van der Waals surface area (Å²) in [5, 5.41) is 0. The SMILES string of the molecule is CCOC(=O)C1CCCCN1C(=O)c1ccoc1Br. The number of hydrogen-bond acceptors (Lipinski definition) is 4. The Hall–Kier alpha value is -1.30. The Bertz CT molecular complexity index is 471. The van der Waals surface area contributed by atoms with Crippen LogP contribution in [0.3, 0.4) is 0 Å². The van der Waals surface area contributed by atoms with Crippen LogP contribution in [0.5, 0.6) is 0 Å². The average molecular weight is 330 g/mol. The molecule has 1 atom stereocenters. The second-order valence-electron chi connectivity index (χ2n) is 4.37. The van der Waals surface area contributed by atoms with E-state index >= 15 is 0 Å². The topological polar surface area (TPSA) is 59.8 Å². The van der Waals surface area contributed by atoms with Crippen molar-refractivity contribution in [3.8, 4) is 0 Å². The van der Waals surface area contributed by atoms with Crippen LogP contribution in [0.2, 0.25) is 0 Å². The predicted molar refractivity (Wildman–Crippen MR) is 71.7 cm³/mol. The summed E-state index contributed by atoms with van der Waals surface area (Å²) in [5.41, 5.74) is 0.441. The summed E-state index contributed by atoms with van der Waals surface area (Å²) in [7, 11) is 0. The van der Waals surface area contributed by atoms with E-state index < -0.39 is 6.04 Å². The van der Waals surface area contributed by atoms with Crippen LogP contribution in [0.4, 0.5) is 0 Å². The van der Waals surface area contributed by atoms with Crippen molar-refractivity contribution in [1.29, 1.82) is 0 Å². The highest BCUT2D eigenvalue weighted by atomic mass is 79.9. The molecule has 0 radical (unpaired) electrons. The van der Waals surface area contributed by atoms with Gasteiger partial charge in [-0.05, 0) is 48.2 Å². The van der Waals surface area contributed by atoms with Gasteiger partial charge in [-0.15, -0.1) is 0 Å². The fourth-order valence-corrected chi connectivity index (χ4v) is 2.67. The van der Waals surface area contributed by atoms with Crippen molar-refractivity contribution in [1.82, 2.24) is 4.90 Å². The van der Waals surface area contributed by atoms with Gasteiger partial charge in [-0.1, -0.05) is 0 Å². The van der Waals surface area contributed by atoms with Gasteiger partial charge in [0.15, 0.2) is 4.67 Å². The number of carbonyl (C=O) groups excluding carboxylic acids is 2. The van der Waals surface area contributed by atoms with Gasteiger partial charge >= 0.3 is 5.97 Å². The van der Waals surface area contributed by atoms with Gasteiger partial charge in [0, 0.05) is 6.54 Å². The molecule has 1 aliphatic heterocycles. The standard InChI is InChI=1S/C13H16BrNO4/c1-2-18-13(17)10-5-3-4-7-15(10)12(16)9-6-8-19-11(9)14/h6,8,10H,2-5,7H2,1H3. The van der Waals surface area contributed by atoms with Gasteiger partial charge in [0.25, 0.3) is 5.91 Å². The van der Waals surface area contributed by atoms with E-state index in [1.807, 2.05) is 0 Å². The van der Waals surface area contributed by atoms with E-state index in [-0.39, 0.29) is 11.9 Å². The molecule has 0 aliphatic carbocycles. The minimum absolute atomic E-state index is 0.196. The molecule has 2 rings (SSSR count). The molecule has 1 saturated heterocycles. The molecule has 0 spiro atoms. The van der Waals surface area contributed by atoms with Crippen molar-refractivity contribution in [3.63, 3.8) is 0 Å². The number of halogens is 1. The monoisotopic (exact) mass is 329 g/mol. The second-order valence-corrected chi connectivity index (χ2v) is 5.09. The van der Waals surface area contributed by atoms with Crippen LogP contribution in [0.25, 0.3) is 0 Å². The van der Waals surface area contributed by atoms with E-state index in [9.17, 15) is 9.59 Å². The van der Waals surface area contributed by atoms with Gasteiger partial charge in [-0.3, -0.25) is 4.79 Å². The smallest absolute Gasteiger partial charge is 0.328 e. The van der Waals surface area contributed by atoms with Crippen molar-refractivity contribution < 1.29 is 18.7 Å². The molecular formula is C13H16BrNO4. The van der Waals surface area contributed by atoms with Crippen molar-refractivity contribution in [2.75, 3.05) is 13.2 Å². The number of furan rings is 1. The van der Waals surface area contributed by atoms with Gasteiger partial charge in [-0.2, -0.15) is 0 Å². The zero-order valence-electron chi connectivity index (χ0n) is 10.7. The lowest BCUT2D eigenvalue weighted by Crippen LogP contribution is -2.48. The molecule has 0 saturated carbocycles. The number of esters is 1. The van der Waals surface area contributed by atoms with Crippen LogP contribution in [-0.4, -0.2) is 36.0 Å². The maximum absolute atomic E-state index is 12.4. The molecule has 1 amide bonds. The molecule has 0 bridgehead atoms. The first-order chi connectivity index (χ1) is 9.15. The molecule has 1 aliphatic rings. The third kappa shape index (κ3) is 3.00. The number of amides is 1. The Labute approximate surface area is 120 Å². The molecule has 6 heteroatoms. The minimum Gasteiger partial charge on any atom is -0.464 e. The number of hydrogen-bond donors (Lipinski definition) is 0. The van der Waals surface area contributed by atoms with E-state index in [2.05, 4.69) is 15.9 Å². The third-order valence-corrected chi connectivity index (χ3v) is 3.78. The first-order valence-corrected chi connectivity index (χ1v) is 7.15. The molecule has 2 heterocycles. The maximum Gasteiger partial charge on any atom is 0.328 e. The van der Waals surface area contributed by atoms with Crippen molar-refractivity contribution in [2.24, 2.45) is 0 Å². The van der Waals surface area contributed by atoms with Gasteiger partial charge < -0.3 is 14.1 Å². The normalized spacial score (nSPS) is 19.3. The number of carbonyl (C=O) groups is 2. The van der Waals surface area contributed by atoms with Crippen molar-refractivity contribution >= 4 is 27.8 Å². The van der Waals surface area contributed by atoms with Crippen LogP contribution in [-0.2, 0) is 9.53 Å². The Balaban J connectivity index is 2.18. The van der Waals surface area contributed by atoms with E-state index in [0.29, 0.717) is 29.8 Å². The Morgan fingerprint density at radius 2 is 2.32 bits per heavy atom. The maximum atomic E-state index is 12.4. The molecule has 5 nitrogen and oxygen atoms in total. The van der Waals surface area contributed by atoms with Crippen LogP contribution in [0.15, 0.2) is 21.4 Å². The summed E-state index contributed by atoms with van der Waals surface area (Å²) < 4.78 is 10.5. The fourth-order valence-electron chi connectivity index (χ4n) is 2.26. The first-order valence-electron chi connectivity index (χ1n) is 6.35. The molecule has 1 aromatic rings.